The van der Waals surface area contributed by atoms with Crippen molar-refractivity contribution in [2.24, 2.45) is 0 Å². The van der Waals surface area contributed by atoms with Crippen LogP contribution in [0.1, 0.15) is 5.82 Å². The highest BCUT2D eigenvalue weighted by Gasteiger charge is 2.10. The van der Waals surface area contributed by atoms with E-state index < -0.39 is 0 Å². The summed E-state index contributed by atoms with van der Waals surface area (Å²) in [4.78, 5) is 17.0. The van der Waals surface area contributed by atoms with Crippen molar-refractivity contribution in [1.29, 1.82) is 0 Å². The third-order valence-corrected chi connectivity index (χ3v) is 4.81. The van der Waals surface area contributed by atoms with Crippen molar-refractivity contribution in [2.45, 2.75) is 20.0 Å². The monoisotopic (exact) mass is 362 g/mol. The number of fused-ring (bicyclic) bond motifs is 2. The van der Waals surface area contributed by atoms with Crippen LogP contribution >= 0.6 is 0 Å². The van der Waals surface area contributed by atoms with Crippen LogP contribution in [0.2, 0.25) is 0 Å². The molecule has 0 spiro atoms. The van der Waals surface area contributed by atoms with E-state index in [4.69, 9.17) is 4.74 Å². The van der Waals surface area contributed by atoms with Gasteiger partial charge in [-0.2, -0.15) is 0 Å². The van der Waals surface area contributed by atoms with Gasteiger partial charge in [-0.05, 0) is 37.3 Å². The number of amides is 1. The van der Waals surface area contributed by atoms with Crippen LogP contribution in [0.25, 0.3) is 21.9 Å². The molecule has 27 heavy (non-hydrogen) atoms. The van der Waals surface area contributed by atoms with Gasteiger partial charge in [-0.3, -0.25) is 4.79 Å². The second-order valence-electron chi connectivity index (χ2n) is 6.49. The molecule has 2 aromatic heterocycles. The molecule has 6 heteroatoms. The van der Waals surface area contributed by atoms with Crippen molar-refractivity contribution in [3.05, 3.63) is 60.6 Å². The van der Waals surface area contributed by atoms with Crippen LogP contribution in [-0.4, -0.2) is 33.7 Å². The van der Waals surface area contributed by atoms with Gasteiger partial charge in [0.15, 0.2) is 0 Å². The lowest BCUT2D eigenvalue weighted by Crippen LogP contribution is -2.30. The Bertz CT molecular complexity index is 1110. The molecule has 0 aliphatic heterocycles. The van der Waals surface area contributed by atoms with Crippen LogP contribution in [0.15, 0.2) is 54.7 Å². The van der Waals surface area contributed by atoms with Crippen molar-refractivity contribution in [3.8, 4) is 5.75 Å². The maximum absolute atomic E-state index is 12.4. The summed E-state index contributed by atoms with van der Waals surface area (Å²) in [5.74, 6) is 1.75. The molecule has 0 bridgehead atoms. The largest absolute Gasteiger partial charge is 0.496 e. The Morgan fingerprint density at radius 3 is 2.78 bits per heavy atom. The van der Waals surface area contributed by atoms with Crippen molar-refractivity contribution < 1.29 is 9.53 Å². The number of ether oxygens (including phenoxy) is 1. The number of methoxy groups -OCH3 is 1. The summed E-state index contributed by atoms with van der Waals surface area (Å²) in [6, 6.07) is 15.9. The molecule has 0 saturated heterocycles. The first-order valence-corrected chi connectivity index (χ1v) is 8.98. The van der Waals surface area contributed by atoms with Gasteiger partial charge >= 0.3 is 0 Å². The zero-order chi connectivity index (χ0) is 18.8. The van der Waals surface area contributed by atoms with Crippen LogP contribution in [0.5, 0.6) is 5.75 Å². The van der Waals surface area contributed by atoms with Gasteiger partial charge in [-0.15, -0.1) is 0 Å². The zero-order valence-corrected chi connectivity index (χ0v) is 15.5. The van der Waals surface area contributed by atoms with Gasteiger partial charge in [0, 0.05) is 24.7 Å². The highest BCUT2D eigenvalue weighted by atomic mass is 16.5. The van der Waals surface area contributed by atoms with Gasteiger partial charge in [0.2, 0.25) is 5.91 Å². The van der Waals surface area contributed by atoms with E-state index in [2.05, 4.69) is 20.9 Å². The van der Waals surface area contributed by atoms with E-state index in [9.17, 15) is 4.79 Å². The summed E-state index contributed by atoms with van der Waals surface area (Å²) in [7, 11) is 1.65. The number of benzene rings is 2. The van der Waals surface area contributed by atoms with Crippen LogP contribution in [-0.2, 0) is 17.9 Å². The number of nitrogens with one attached hydrogen (secondary N) is 1. The van der Waals surface area contributed by atoms with E-state index in [-0.39, 0.29) is 12.5 Å². The first-order valence-electron chi connectivity index (χ1n) is 8.98. The topological polar surface area (TPSA) is 61.1 Å². The van der Waals surface area contributed by atoms with Gasteiger partial charge in [0.05, 0.1) is 23.7 Å². The minimum atomic E-state index is -0.0163. The summed E-state index contributed by atoms with van der Waals surface area (Å²) in [6.07, 6.45) is 1.92. The van der Waals surface area contributed by atoms with Crippen LogP contribution < -0.4 is 10.1 Å². The summed E-state index contributed by atoms with van der Waals surface area (Å²) in [6.45, 7) is 3.52. The smallest absolute Gasteiger partial charge is 0.240 e. The average molecular weight is 362 g/mol. The lowest BCUT2D eigenvalue weighted by Gasteiger charge is -2.10. The molecule has 0 saturated carbocycles. The average Bonchev–Trinajstić information content (AvgIpc) is 3.22. The van der Waals surface area contributed by atoms with Gasteiger partial charge in [-0.1, -0.05) is 18.2 Å². The highest BCUT2D eigenvalue weighted by molar-refractivity contribution is 5.88. The number of aryl methyl sites for hydroxylation is 1. The molecule has 4 rings (SSSR count). The van der Waals surface area contributed by atoms with Crippen molar-refractivity contribution in [2.75, 3.05) is 13.7 Å². The Morgan fingerprint density at radius 2 is 1.93 bits per heavy atom. The summed E-state index contributed by atoms with van der Waals surface area (Å²) < 4.78 is 9.44. The Morgan fingerprint density at radius 1 is 1.11 bits per heavy atom. The molecule has 138 valence electrons. The zero-order valence-electron chi connectivity index (χ0n) is 15.5. The minimum absolute atomic E-state index is 0.0163. The number of hydrogen-bond acceptors (Lipinski definition) is 3. The molecule has 0 aliphatic rings. The molecular formula is C21H22N4O2. The summed E-state index contributed by atoms with van der Waals surface area (Å²) in [5.41, 5.74) is 3.06. The molecule has 0 atom stereocenters. The Hall–Kier alpha value is -3.28. The molecular weight excluding hydrogens is 340 g/mol. The van der Waals surface area contributed by atoms with E-state index in [0.717, 1.165) is 33.5 Å². The predicted octanol–water partition coefficient (Wildman–Crippen LogP) is 3.12. The number of para-hydroxylation sites is 2. The second kappa shape index (κ2) is 7.15. The molecule has 0 aliphatic carbocycles. The lowest BCUT2D eigenvalue weighted by molar-refractivity contribution is -0.121. The molecule has 0 unspecified atom stereocenters. The summed E-state index contributed by atoms with van der Waals surface area (Å²) >= 11 is 0. The van der Waals surface area contributed by atoms with Crippen LogP contribution in [0, 0.1) is 6.92 Å². The Balaban J connectivity index is 1.41. The number of aromatic nitrogens is 3. The lowest BCUT2D eigenvalue weighted by atomic mass is 10.2. The molecule has 1 amide bonds. The summed E-state index contributed by atoms with van der Waals surface area (Å²) in [5, 5.41) is 4.01. The molecule has 2 aromatic carbocycles. The van der Waals surface area contributed by atoms with E-state index in [1.165, 1.54) is 0 Å². The number of nitrogens with zero attached hydrogens (tertiary/aromatic N) is 3. The normalized spacial score (nSPS) is 11.2. The quantitative estimate of drug-likeness (QED) is 0.573. The number of hydrogen-bond donors (Lipinski definition) is 1. The first-order chi connectivity index (χ1) is 13.2. The first kappa shape index (κ1) is 17.1. The third kappa shape index (κ3) is 3.26. The molecule has 2 heterocycles. The SMILES string of the molecule is COc1cccc2c1ccn2CC(=O)NCCn1c(C)nc2ccccc21. The van der Waals surface area contributed by atoms with Gasteiger partial charge in [-0.25, -0.2) is 4.98 Å². The van der Waals surface area contributed by atoms with Crippen LogP contribution in [0.3, 0.4) is 0 Å². The number of imidazole rings is 1. The van der Waals surface area contributed by atoms with E-state index in [1.54, 1.807) is 7.11 Å². The van der Waals surface area contributed by atoms with Crippen molar-refractivity contribution >= 4 is 27.8 Å². The fraction of sp³-hybridized carbons (Fsp3) is 0.238. The van der Waals surface area contributed by atoms with E-state index >= 15 is 0 Å². The fourth-order valence-electron chi connectivity index (χ4n) is 3.51. The van der Waals surface area contributed by atoms with Gasteiger partial charge in [0.1, 0.15) is 18.1 Å². The van der Waals surface area contributed by atoms with E-state index in [1.807, 2.05) is 60.2 Å². The molecule has 1 N–H and O–H groups in total. The van der Waals surface area contributed by atoms with E-state index in [0.29, 0.717) is 13.1 Å². The van der Waals surface area contributed by atoms with Crippen LogP contribution in [0.4, 0.5) is 0 Å². The second-order valence-corrected chi connectivity index (χ2v) is 6.49. The minimum Gasteiger partial charge on any atom is -0.496 e. The Kier molecular flexibility index (Phi) is 4.54. The number of rotatable bonds is 6. The molecule has 4 aromatic rings. The molecule has 0 fully saturated rings. The number of carbonyl (C=O) groups excluding carboxylic acids is 1. The number of carbonyl (C=O) groups is 1. The molecule has 6 nitrogen and oxygen atoms in total. The van der Waals surface area contributed by atoms with Crippen molar-refractivity contribution in [1.82, 2.24) is 19.4 Å². The fourth-order valence-corrected chi connectivity index (χ4v) is 3.51. The maximum atomic E-state index is 12.4. The van der Waals surface area contributed by atoms with Gasteiger partial charge in [0.25, 0.3) is 0 Å². The third-order valence-electron chi connectivity index (χ3n) is 4.81. The highest BCUT2D eigenvalue weighted by Crippen LogP contribution is 2.26. The molecule has 0 radical (unpaired) electrons. The van der Waals surface area contributed by atoms with Gasteiger partial charge < -0.3 is 19.2 Å². The maximum Gasteiger partial charge on any atom is 0.240 e. The predicted molar refractivity (Wildman–Crippen MR) is 106 cm³/mol. The standard InChI is InChI=1S/C21H22N4O2/c1-15-23-17-6-3-4-7-19(17)25(15)13-11-22-21(26)14-24-12-10-16-18(24)8-5-9-20(16)27-2/h3-10,12H,11,13-14H2,1-2H3,(H,22,26). The van der Waals surface area contributed by atoms with Crippen molar-refractivity contribution in [3.63, 3.8) is 0 Å². The Labute approximate surface area is 157 Å².